The van der Waals surface area contributed by atoms with Crippen LogP contribution in [0.2, 0.25) is 0 Å². The van der Waals surface area contributed by atoms with Crippen molar-refractivity contribution in [2.24, 2.45) is 5.73 Å². The third-order valence-electron chi connectivity index (χ3n) is 2.68. The summed E-state index contributed by atoms with van der Waals surface area (Å²) in [5, 5.41) is 0. The summed E-state index contributed by atoms with van der Waals surface area (Å²) in [4.78, 5) is 0. The molecule has 1 aromatic rings. The third-order valence-corrected chi connectivity index (χ3v) is 4.97. The number of nitrogens with two attached hydrogens (primary N) is 1. The fraction of sp³-hybridized carbons (Fsp3) is 0.571. The molecular weight excluding hydrogens is 294 g/mol. The van der Waals surface area contributed by atoms with Gasteiger partial charge < -0.3 is 10.5 Å². The molecule has 0 amide bonds. The van der Waals surface area contributed by atoms with Crippen molar-refractivity contribution in [1.29, 1.82) is 0 Å². The van der Waals surface area contributed by atoms with Gasteiger partial charge in [-0.25, -0.2) is 8.42 Å². The SMILES string of the molecule is CCCOc1ccc(C(N)CSCCS(C)(=O)=O)cc1. The highest BCUT2D eigenvalue weighted by atomic mass is 32.2. The Balaban J connectivity index is 2.37. The van der Waals surface area contributed by atoms with Gasteiger partial charge >= 0.3 is 0 Å². The van der Waals surface area contributed by atoms with Gasteiger partial charge in [-0.1, -0.05) is 19.1 Å². The summed E-state index contributed by atoms with van der Waals surface area (Å²) < 4.78 is 27.5. The summed E-state index contributed by atoms with van der Waals surface area (Å²) in [6.45, 7) is 2.78. The van der Waals surface area contributed by atoms with E-state index in [1.807, 2.05) is 24.3 Å². The van der Waals surface area contributed by atoms with Crippen LogP contribution in [-0.4, -0.2) is 38.5 Å². The fourth-order valence-electron chi connectivity index (χ4n) is 1.55. The number of hydrogen-bond donors (Lipinski definition) is 1. The highest BCUT2D eigenvalue weighted by Gasteiger charge is 2.08. The maximum Gasteiger partial charge on any atom is 0.148 e. The van der Waals surface area contributed by atoms with Gasteiger partial charge in [-0.3, -0.25) is 0 Å². The molecule has 0 saturated carbocycles. The molecule has 1 unspecified atom stereocenters. The summed E-state index contributed by atoms with van der Waals surface area (Å²) in [5.74, 6) is 2.36. The first-order valence-corrected chi connectivity index (χ1v) is 9.87. The minimum atomic E-state index is -2.88. The van der Waals surface area contributed by atoms with E-state index in [9.17, 15) is 8.42 Å². The standard InChI is InChI=1S/C14H23NO3S2/c1-3-8-18-13-6-4-12(5-7-13)14(15)11-19-9-10-20(2,16)17/h4-7,14H,3,8-11,15H2,1-2H3. The molecule has 20 heavy (non-hydrogen) atoms. The van der Waals surface area contributed by atoms with Crippen molar-refractivity contribution in [2.45, 2.75) is 19.4 Å². The number of hydrogen-bond acceptors (Lipinski definition) is 5. The van der Waals surface area contributed by atoms with Crippen LogP contribution in [0.4, 0.5) is 0 Å². The van der Waals surface area contributed by atoms with Crippen LogP contribution in [0.15, 0.2) is 24.3 Å². The van der Waals surface area contributed by atoms with E-state index >= 15 is 0 Å². The topological polar surface area (TPSA) is 69.4 Å². The Morgan fingerprint density at radius 2 is 1.95 bits per heavy atom. The Morgan fingerprint density at radius 3 is 2.50 bits per heavy atom. The van der Waals surface area contributed by atoms with Crippen molar-refractivity contribution in [3.05, 3.63) is 29.8 Å². The molecule has 114 valence electrons. The van der Waals surface area contributed by atoms with Crippen LogP contribution in [0.3, 0.4) is 0 Å². The van der Waals surface area contributed by atoms with E-state index in [-0.39, 0.29) is 11.8 Å². The van der Waals surface area contributed by atoms with E-state index in [1.165, 1.54) is 6.26 Å². The Kier molecular flexibility index (Phi) is 7.40. The number of thioether (sulfide) groups is 1. The first kappa shape index (κ1) is 17.3. The van der Waals surface area contributed by atoms with E-state index in [4.69, 9.17) is 10.5 Å². The van der Waals surface area contributed by atoms with Crippen molar-refractivity contribution >= 4 is 21.6 Å². The average Bonchev–Trinajstić information content (AvgIpc) is 2.40. The van der Waals surface area contributed by atoms with Gasteiger partial charge in [-0.05, 0) is 24.1 Å². The third kappa shape index (κ3) is 7.17. The smallest absolute Gasteiger partial charge is 0.148 e. The van der Waals surface area contributed by atoms with Crippen LogP contribution in [0.1, 0.15) is 24.9 Å². The van der Waals surface area contributed by atoms with E-state index in [0.29, 0.717) is 18.1 Å². The van der Waals surface area contributed by atoms with E-state index < -0.39 is 9.84 Å². The minimum absolute atomic E-state index is 0.0835. The largest absolute Gasteiger partial charge is 0.494 e. The molecule has 0 saturated heterocycles. The summed E-state index contributed by atoms with van der Waals surface area (Å²) in [7, 11) is -2.88. The lowest BCUT2D eigenvalue weighted by Crippen LogP contribution is -2.14. The van der Waals surface area contributed by atoms with Gasteiger partial charge in [0.1, 0.15) is 15.6 Å². The van der Waals surface area contributed by atoms with Crippen LogP contribution >= 0.6 is 11.8 Å². The predicted molar refractivity (Wildman–Crippen MR) is 86.2 cm³/mol. The molecule has 1 atom stereocenters. The highest BCUT2D eigenvalue weighted by Crippen LogP contribution is 2.19. The van der Waals surface area contributed by atoms with Crippen LogP contribution in [-0.2, 0) is 9.84 Å². The molecule has 1 aromatic carbocycles. The highest BCUT2D eigenvalue weighted by molar-refractivity contribution is 8.00. The number of sulfone groups is 1. The molecule has 6 heteroatoms. The molecule has 0 aliphatic carbocycles. The molecule has 0 aliphatic heterocycles. The second-order valence-corrected chi connectivity index (χ2v) is 8.14. The Labute approximate surface area is 126 Å². The first-order valence-electron chi connectivity index (χ1n) is 6.66. The molecule has 0 bridgehead atoms. The van der Waals surface area contributed by atoms with Gasteiger partial charge in [0, 0.05) is 23.8 Å². The summed E-state index contributed by atoms with van der Waals surface area (Å²) >= 11 is 1.57. The molecular formula is C14H23NO3S2. The maximum absolute atomic E-state index is 11.0. The molecule has 1 rings (SSSR count). The molecule has 0 spiro atoms. The van der Waals surface area contributed by atoms with E-state index in [0.717, 1.165) is 17.7 Å². The van der Waals surface area contributed by atoms with Crippen molar-refractivity contribution in [2.75, 3.05) is 30.1 Å². The van der Waals surface area contributed by atoms with Gasteiger partial charge in [0.25, 0.3) is 0 Å². The quantitative estimate of drug-likeness (QED) is 0.707. The van der Waals surface area contributed by atoms with Gasteiger partial charge in [0.05, 0.1) is 12.4 Å². The van der Waals surface area contributed by atoms with Crippen molar-refractivity contribution in [1.82, 2.24) is 0 Å². The maximum atomic E-state index is 11.0. The van der Waals surface area contributed by atoms with Crippen molar-refractivity contribution in [3.63, 3.8) is 0 Å². The summed E-state index contributed by atoms with van der Waals surface area (Å²) in [6.07, 6.45) is 2.24. The summed E-state index contributed by atoms with van der Waals surface area (Å²) in [5.41, 5.74) is 7.13. The fourth-order valence-corrected chi connectivity index (χ4v) is 3.84. The number of benzene rings is 1. The minimum Gasteiger partial charge on any atom is -0.494 e. The molecule has 4 nitrogen and oxygen atoms in total. The van der Waals surface area contributed by atoms with E-state index in [1.54, 1.807) is 11.8 Å². The molecule has 2 N–H and O–H groups in total. The van der Waals surface area contributed by atoms with E-state index in [2.05, 4.69) is 6.92 Å². The van der Waals surface area contributed by atoms with Gasteiger partial charge in [-0.15, -0.1) is 0 Å². The van der Waals surface area contributed by atoms with Crippen LogP contribution in [0.25, 0.3) is 0 Å². The Hall–Kier alpha value is -0.720. The molecule has 0 fully saturated rings. The monoisotopic (exact) mass is 317 g/mol. The Morgan fingerprint density at radius 1 is 1.30 bits per heavy atom. The van der Waals surface area contributed by atoms with Gasteiger partial charge in [0.15, 0.2) is 0 Å². The lowest BCUT2D eigenvalue weighted by atomic mass is 10.1. The second kappa shape index (κ2) is 8.54. The van der Waals surface area contributed by atoms with Crippen LogP contribution in [0, 0.1) is 0 Å². The zero-order chi connectivity index (χ0) is 15.0. The lowest BCUT2D eigenvalue weighted by Gasteiger charge is -2.12. The van der Waals surface area contributed by atoms with Crippen LogP contribution < -0.4 is 10.5 Å². The lowest BCUT2D eigenvalue weighted by molar-refractivity contribution is 0.317. The van der Waals surface area contributed by atoms with Crippen molar-refractivity contribution in [3.8, 4) is 5.75 Å². The molecule has 0 aliphatic rings. The molecule has 0 heterocycles. The van der Waals surface area contributed by atoms with Crippen molar-refractivity contribution < 1.29 is 13.2 Å². The zero-order valence-corrected chi connectivity index (χ0v) is 13.7. The van der Waals surface area contributed by atoms with Gasteiger partial charge in [-0.2, -0.15) is 11.8 Å². The van der Waals surface area contributed by atoms with Gasteiger partial charge in [0.2, 0.25) is 0 Å². The normalized spacial score (nSPS) is 13.2. The second-order valence-electron chi connectivity index (χ2n) is 4.73. The first-order chi connectivity index (χ1) is 9.42. The average molecular weight is 317 g/mol. The number of ether oxygens (including phenoxy) is 1. The molecule has 0 radical (unpaired) electrons. The Bertz CT molecular complexity index is 486. The molecule has 0 aromatic heterocycles. The summed E-state index contributed by atoms with van der Waals surface area (Å²) in [6, 6.07) is 7.69. The number of rotatable bonds is 9. The predicted octanol–water partition coefficient (Wildman–Crippen LogP) is 2.25. The van der Waals surface area contributed by atoms with Crippen LogP contribution in [0.5, 0.6) is 5.75 Å². The zero-order valence-electron chi connectivity index (χ0n) is 12.0.